The number of nitrogens with one attached hydrogen (secondary N) is 2. The van der Waals surface area contributed by atoms with Crippen LogP contribution in [0.25, 0.3) is 0 Å². The van der Waals surface area contributed by atoms with Gasteiger partial charge in [-0.1, -0.05) is 48.5 Å². The zero-order chi connectivity index (χ0) is 28.7. The summed E-state index contributed by atoms with van der Waals surface area (Å²) in [6, 6.07) is 13.4. The SMILES string of the molecule is Cc1cccc(C(C(=O)NC(C)(C)C)N(CC#N)C(=O)C(Cc2ccccc2)NC(=O)OC(C)(C)C)c1O. The Balaban J connectivity index is 2.60. The van der Waals surface area contributed by atoms with E-state index in [1.54, 1.807) is 66.7 Å². The summed E-state index contributed by atoms with van der Waals surface area (Å²) in [5.74, 6) is -1.40. The summed E-state index contributed by atoms with van der Waals surface area (Å²) in [7, 11) is 0. The monoisotopic (exact) mass is 522 g/mol. The van der Waals surface area contributed by atoms with Crippen molar-refractivity contribution in [2.24, 2.45) is 0 Å². The second-order valence-corrected chi connectivity index (χ2v) is 11.2. The molecule has 0 bridgehead atoms. The molecule has 0 spiro atoms. The molecular formula is C29H38N4O5. The molecule has 204 valence electrons. The Morgan fingerprint density at radius 3 is 2.21 bits per heavy atom. The molecule has 3 amide bonds. The van der Waals surface area contributed by atoms with Gasteiger partial charge in [-0.3, -0.25) is 9.59 Å². The number of aryl methyl sites for hydroxylation is 1. The van der Waals surface area contributed by atoms with E-state index in [4.69, 9.17) is 4.74 Å². The van der Waals surface area contributed by atoms with E-state index in [-0.39, 0.29) is 17.7 Å². The van der Waals surface area contributed by atoms with Crippen LogP contribution in [0.15, 0.2) is 48.5 Å². The van der Waals surface area contributed by atoms with Gasteiger partial charge in [0.05, 0.1) is 6.07 Å². The van der Waals surface area contributed by atoms with Gasteiger partial charge in [-0.15, -0.1) is 0 Å². The predicted octanol–water partition coefficient (Wildman–Crippen LogP) is 4.14. The van der Waals surface area contributed by atoms with Crippen LogP contribution in [0.4, 0.5) is 4.79 Å². The standard InChI is InChI=1S/C29H38N4O5/c1-19-12-11-15-21(24(19)34)23(25(35)32-28(2,3)4)33(17-16-30)26(36)22(18-20-13-9-8-10-14-20)31-27(37)38-29(5,6)7/h8-15,22-23,34H,17-18H2,1-7H3,(H,31,37)(H,32,35). The maximum atomic E-state index is 14.1. The number of carbonyl (C=O) groups is 3. The van der Waals surface area contributed by atoms with Crippen LogP contribution in [0.5, 0.6) is 5.75 Å². The fourth-order valence-corrected chi connectivity index (χ4v) is 3.86. The Hall–Kier alpha value is -4.06. The largest absolute Gasteiger partial charge is 0.507 e. The number of para-hydroxylation sites is 1. The molecule has 2 rings (SSSR count). The van der Waals surface area contributed by atoms with Gasteiger partial charge < -0.3 is 25.4 Å². The summed E-state index contributed by atoms with van der Waals surface area (Å²) in [4.78, 5) is 41.5. The van der Waals surface area contributed by atoms with Gasteiger partial charge in [-0.2, -0.15) is 5.26 Å². The number of carbonyl (C=O) groups excluding carboxylic acids is 3. The molecule has 9 nitrogen and oxygen atoms in total. The second-order valence-electron chi connectivity index (χ2n) is 11.2. The maximum absolute atomic E-state index is 14.1. The van der Waals surface area contributed by atoms with Crippen molar-refractivity contribution in [3.8, 4) is 11.8 Å². The van der Waals surface area contributed by atoms with Crippen molar-refractivity contribution < 1.29 is 24.2 Å². The third-order valence-electron chi connectivity index (χ3n) is 5.42. The highest BCUT2D eigenvalue weighted by Crippen LogP contribution is 2.32. The molecule has 0 aromatic heterocycles. The van der Waals surface area contributed by atoms with Crippen LogP contribution in [0, 0.1) is 18.3 Å². The quantitative estimate of drug-likeness (QED) is 0.447. The summed E-state index contributed by atoms with van der Waals surface area (Å²) >= 11 is 0. The van der Waals surface area contributed by atoms with Crippen LogP contribution < -0.4 is 10.6 Å². The van der Waals surface area contributed by atoms with E-state index >= 15 is 0 Å². The Kier molecular flexibility index (Phi) is 9.89. The highest BCUT2D eigenvalue weighted by Gasteiger charge is 2.38. The van der Waals surface area contributed by atoms with Gasteiger partial charge in [0.1, 0.15) is 30.0 Å². The van der Waals surface area contributed by atoms with Crippen molar-refractivity contribution in [1.29, 1.82) is 5.26 Å². The number of benzene rings is 2. The number of alkyl carbamates (subject to hydrolysis) is 1. The lowest BCUT2D eigenvalue weighted by molar-refractivity contribution is -0.142. The fourth-order valence-electron chi connectivity index (χ4n) is 3.86. The number of hydrogen-bond acceptors (Lipinski definition) is 6. The normalized spacial score (nSPS) is 13.0. The molecule has 2 aromatic rings. The number of amides is 3. The topological polar surface area (TPSA) is 132 Å². The van der Waals surface area contributed by atoms with Crippen molar-refractivity contribution in [3.63, 3.8) is 0 Å². The highest BCUT2D eigenvalue weighted by molar-refractivity contribution is 5.93. The molecule has 0 saturated carbocycles. The minimum Gasteiger partial charge on any atom is -0.507 e. The fraction of sp³-hybridized carbons (Fsp3) is 0.448. The van der Waals surface area contributed by atoms with Gasteiger partial charge in [0.2, 0.25) is 11.8 Å². The van der Waals surface area contributed by atoms with E-state index in [9.17, 15) is 24.8 Å². The summed E-state index contributed by atoms with van der Waals surface area (Å²) in [6.07, 6.45) is -0.716. The number of rotatable bonds is 8. The maximum Gasteiger partial charge on any atom is 0.408 e. The number of aromatic hydroxyl groups is 1. The first-order valence-corrected chi connectivity index (χ1v) is 12.4. The Bertz CT molecular complexity index is 1180. The van der Waals surface area contributed by atoms with Gasteiger partial charge in [-0.25, -0.2) is 4.79 Å². The second kappa shape index (κ2) is 12.5. The zero-order valence-corrected chi connectivity index (χ0v) is 23.2. The molecule has 0 fully saturated rings. The van der Waals surface area contributed by atoms with Crippen LogP contribution in [-0.4, -0.2) is 51.6 Å². The molecule has 0 radical (unpaired) electrons. The van der Waals surface area contributed by atoms with Crippen LogP contribution in [0.1, 0.15) is 64.3 Å². The van der Waals surface area contributed by atoms with Crippen molar-refractivity contribution in [2.45, 2.75) is 78.1 Å². The van der Waals surface area contributed by atoms with E-state index in [0.717, 1.165) is 10.5 Å². The van der Waals surface area contributed by atoms with Gasteiger partial charge in [0, 0.05) is 17.5 Å². The number of phenolic OH excluding ortho intramolecular Hbond substituents is 1. The predicted molar refractivity (Wildman–Crippen MR) is 144 cm³/mol. The molecule has 0 heterocycles. The summed E-state index contributed by atoms with van der Waals surface area (Å²) < 4.78 is 5.38. The first-order valence-electron chi connectivity index (χ1n) is 12.4. The number of ether oxygens (including phenoxy) is 1. The van der Waals surface area contributed by atoms with Gasteiger partial charge >= 0.3 is 6.09 Å². The van der Waals surface area contributed by atoms with Crippen LogP contribution in [-0.2, 0) is 20.7 Å². The van der Waals surface area contributed by atoms with Crippen LogP contribution >= 0.6 is 0 Å². The molecule has 0 aliphatic carbocycles. The third-order valence-corrected chi connectivity index (χ3v) is 5.42. The lowest BCUT2D eigenvalue weighted by Crippen LogP contribution is -2.55. The average molecular weight is 523 g/mol. The minimum atomic E-state index is -1.33. The van der Waals surface area contributed by atoms with Gasteiger partial charge in [-0.05, 0) is 59.6 Å². The number of nitriles is 1. The molecule has 0 saturated heterocycles. The van der Waals surface area contributed by atoms with E-state index in [2.05, 4.69) is 10.6 Å². The average Bonchev–Trinajstić information content (AvgIpc) is 2.79. The lowest BCUT2D eigenvalue weighted by atomic mass is 9.97. The van der Waals surface area contributed by atoms with Crippen LogP contribution in [0.2, 0.25) is 0 Å². The van der Waals surface area contributed by atoms with Crippen molar-refractivity contribution >= 4 is 17.9 Å². The number of hydrogen-bond donors (Lipinski definition) is 3. The molecule has 3 N–H and O–H groups in total. The van der Waals surface area contributed by atoms with Gasteiger partial charge in [0.15, 0.2) is 0 Å². The van der Waals surface area contributed by atoms with E-state index in [0.29, 0.717) is 5.56 Å². The minimum absolute atomic E-state index is 0.0915. The molecular weight excluding hydrogens is 484 g/mol. The Labute approximate surface area is 224 Å². The molecule has 2 aromatic carbocycles. The van der Waals surface area contributed by atoms with Crippen LogP contribution in [0.3, 0.4) is 0 Å². The summed E-state index contributed by atoms with van der Waals surface area (Å²) in [6.45, 7) is 11.7. The first-order chi connectivity index (χ1) is 17.6. The van der Waals surface area contributed by atoms with E-state index in [1.807, 2.05) is 36.4 Å². The molecule has 38 heavy (non-hydrogen) atoms. The Morgan fingerprint density at radius 2 is 1.66 bits per heavy atom. The smallest absolute Gasteiger partial charge is 0.408 e. The van der Waals surface area contributed by atoms with Gasteiger partial charge in [0.25, 0.3) is 0 Å². The van der Waals surface area contributed by atoms with E-state index in [1.165, 1.54) is 0 Å². The van der Waals surface area contributed by atoms with Crippen molar-refractivity contribution in [3.05, 3.63) is 65.2 Å². The molecule has 9 heteroatoms. The van der Waals surface area contributed by atoms with E-state index < -0.39 is 47.7 Å². The first kappa shape index (κ1) is 30.2. The summed E-state index contributed by atoms with van der Waals surface area (Å²) in [5.41, 5.74) is -0.0275. The lowest BCUT2D eigenvalue weighted by Gasteiger charge is -2.35. The molecule has 0 aliphatic rings. The third kappa shape index (κ3) is 8.80. The Morgan fingerprint density at radius 1 is 1.03 bits per heavy atom. The number of phenols is 1. The zero-order valence-electron chi connectivity index (χ0n) is 23.2. The summed E-state index contributed by atoms with van der Waals surface area (Å²) in [5, 5.41) is 26.0. The molecule has 0 aliphatic heterocycles. The number of nitrogens with zero attached hydrogens (tertiary/aromatic N) is 2. The van der Waals surface area contributed by atoms with Crippen molar-refractivity contribution in [1.82, 2.24) is 15.5 Å². The van der Waals surface area contributed by atoms with Crippen molar-refractivity contribution in [2.75, 3.05) is 6.54 Å². The molecule has 2 atom stereocenters. The highest BCUT2D eigenvalue weighted by atomic mass is 16.6. The molecule has 2 unspecified atom stereocenters.